The number of ether oxygens (including phenoxy) is 1. The summed E-state index contributed by atoms with van der Waals surface area (Å²) < 4.78 is 10.6. The van der Waals surface area contributed by atoms with Crippen molar-refractivity contribution in [2.75, 3.05) is 11.9 Å². The number of Topliss-reactive ketones (excluding diaryl/α,β-unsaturated/α-hetero) is 1. The average molecular weight is 467 g/mol. The molecule has 0 radical (unpaired) electrons. The van der Waals surface area contributed by atoms with Crippen molar-refractivity contribution < 1.29 is 23.6 Å². The Morgan fingerprint density at radius 1 is 1.27 bits per heavy atom. The molecule has 0 saturated carbocycles. The number of ketones is 1. The Bertz CT molecular complexity index is 1200. The van der Waals surface area contributed by atoms with Crippen molar-refractivity contribution in [2.45, 2.75) is 51.9 Å². The van der Waals surface area contributed by atoms with Crippen LogP contribution in [0, 0.1) is 6.92 Å². The number of anilines is 1. The summed E-state index contributed by atoms with van der Waals surface area (Å²) in [5, 5.41) is 7.05. The zero-order valence-corrected chi connectivity index (χ0v) is 19.7. The molecule has 2 aromatic heterocycles. The fourth-order valence-electron chi connectivity index (χ4n) is 4.51. The first-order valence-electron chi connectivity index (χ1n) is 11.0. The van der Waals surface area contributed by atoms with Crippen molar-refractivity contribution in [3.8, 4) is 0 Å². The number of hydrogen-bond donors (Lipinski definition) is 1. The van der Waals surface area contributed by atoms with Crippen LogP contribution >= 0.6 is 11.3 Å². The van der Waals surface area contributed by atoms with Gasteiger partial charge in [0.2, 0.25) is 5.91 Å². The first-order chi connectivity index (χ1) is 15.9. The van der Waals surface area contributed by atoms with Crippen molar-refractivity contribution in [2.24, 2.45) is 0 Å². The fraction of sp³-hybridized carbons (Fsp3) is 0.360. The maximum absolute atomic E-state index is 14.1. The van der Waals surface area contributed by atoms with Gasteiger partial charge in [0, 0.05) is 19.4 Å². The molecule has 2 heterocycles. The predicted molar refractivity (Wildman–Crippen MR) is 125 cm³/mol. The number of aryl methyl sites for hydroxylation is 2. The topological polar surface area (TPSA) is 98.5 Å². The minimum Gasteiger partial charge on any atom is -0.462 e. The van der Waals surface area contributed by atoms with Gasteiger partial charge in [0.1, 0.15) is 10.8 Å². The van der Waals surface area contributed by atoms with Gasteiger partial charge in [-0.05, 0) is 44.2 Å². The standard InChI is InChI=1S/C25H26N2O5S/c1-4-31-24(30)20-19-11-13-25(17-8-6-5-7-9-17,12-10-18-14-15(2)27-32-18)22(29)21(19)33-23(20)26-16(3)28/h5-9,14H,4,10-13H2,1-3H3,(H,26,28). The number of benzene rings is 1. The first kappa shape index (κ1) is 22.9. The molecule has 3 aromatic rings. The third-order valence-electron chi connectivity index (χ3n) is 6.02. The maximum atomic E-state index is 14.1. The highest BCUT2D eigenvalue weighted by Gasteiger charge is 2.46. The maximum Gasteiger partial charge on any atom is 0.341 e. The van der Waals surface area contributed by atoms with Gasteiger partial charge >= 0.3 is 5.97 Å². The van der Waals surface area contributed by atoms with Gasteiger partial charge in [0.15, 0.2) is 5.78 Å². The van der Waals surface area contributed by atoms with Crippen LogP contribution in [0.15, 0.2) is 40.9 Å². The number of rotatable bonds is 7. The number of aromatic nitrogens is 1. The second-order valence-corrected chi connectivity index (χ2v) is 9.25. The fourth-order valence-corrected chi connectivity index (χ4v) is 5.83. The van der Waals surface area contributed by atoms with Crippen molar-refractivity contribution in [1.29, 1.82) is 0 Å². The number of carbonyl (C=O) groups is 3. The van der Waals surface area contributed by atoms with Crippen molar-refractivity contribution >= 4 is 34.0 Å². The second kappa shape index (κ2) is 9.31. The molecular weight excluding hydrogens is 440 g/mol. The Labute approximate surface area is 196 Å². The predicted octanol–water partition coefficient (Wildman–Crippen LogP) is 4.88. The van der Waals surface area contributed by atoms with Crippen LogP contribution in [0.2, 0.25) is 0 Å². The lowest BCUT2D eigenvalue weighted by molar-refractivity contribution is -0.114. The Kier molecular flexibility index (Phi) is 6.47. The highest BCUT2D eigenvalue weighted by molar-refractivity contribution is 7.19. The second-order valence-electron chi connectivity index (χ2n) is 8.23. The van der Waals surface area contributed by atoms with E-state index in [0.29, 0.717) is 46.7 Å². The van der Waals surface area contributed by atoms with Gasteiger partial charge in [0.25, 0.3) is 0 Å². The lowest BCUT2D eigenvalue weighted by Gasteiger charge is -2.36. The summed E-state index contributed by atoms with van der Waals surface area (Å²) in [5.74, 6) is -0.130. The summed E-state index contributed by atoms with van der Waals surface area (Å²) in [6, 6.07) is 11.6. The average Bonchev–Trinajstić information content (AvgIpc) is 3.37. The number of nitrogens with zero attached hydrogens (tertiary/aromatic N) is 1. The number of thiophene rings is 1. The Morgan fingerprint density at radius 2 is 2.03 bits per heavy atom. The molecule has 0 aliphatic heterocycles. The quantitative estimate of drug-likeness (QED) is 0.499. The molecule has 172 valence electrons. The van der Waals surface area contributed by atoms with Crippen LogP contribution in [0.1, 0.15) is 69.3 Å². The third-order valence-corrected chi connectivity index (χ3v) is 7.17. The monoisotopic (exact) mass is 466 g/mol. The molecule has 1 amide bonds. The van der Waals surface area contributed by atoms with Gasteiger partial charge in [-0.15, -0.1) is 11.3 Å². The van der Waals surface area contributed by atoms with Crippen molar-refractivity contribution in [1.82, 2.24) is 5.16 Å². The SMILES string of the molecule is CCOC(=O)c1c(NC(C)=O)sc2c1CCC(CCc1cc(C)no1)(c1ccccc1)C2=O. The molecule has 1 aliphatic carbocycles. The molecule has 7 nitrogen and oxygen atoms in total. The minimum atomic E-state index is -0.765. The number of esters is 1. The molecule has 1 aliphatic rings. The van der Waals surface area contributed by atoms with Gasteiger partial charge < -0.3 is 14.6 Å². The molecule has 0 spiro atoms. The van der Waals surface area contributed by atoms with E-state index in [9.17, 15) is 14.4 Å². The van der Waals surface area contributed by atoms with Crippen LogP contribution in [-0.2, 0) is 27.8 Å². The van der Waals surface area contributed by atoms with Crippen LogP contribution in [0.25, 0.3) is 0 Å². The number of carbonyl (C=O) groups excluding carboxylic acids is 3. The van der Waals surface area contributed by atoms with E-state index < -0.39 is 11.4 Å². The van der Waals surface area contributed by atoms with E-state index >= 15 is 0 Å². The van der Waals surface area contributed by atoms with E-state index in [-0.39, 0.29) is 18.3 Å². The van der Waals surface area contributed by atoms with Crippen LogP contribution in [0.4, 0.5) is 5.00 Å². The molecular formula is C25H26N2O5S. The number of nitrogens with one attached hydrogen (secondary N) is 1. The van der Waals surface area contributed by atoms with Gasteiger partial charge in [-0.2, -0.15) is 0 Å². The van der Waals surface area contributed by atoms with E-state index in [0.717, 1.165) is 28.4 Å². The first-order valence-corrected chi connectivity index (χ1v) is 11.8. The van der Waals surface area contributed by atoms with Crippen LogP contribution < -0.4 is 5.32 Å². The lowest BCUT2D eigenvalue weighted by Crippen LogP contribution is -2.40. The molecule has 8 heteroatoms. The van der Waals surface area contributed by atoms with Gasteiger partial charge in [-0.1, -0.05) is 35.5 Å². The smallest absolute Gasteiger partial charge is 0.341 e. The molecule has 0 saturated heterocycles. The Morgan fingerprint density at radius 3 is 2.67 bits per heavy atom. The Balaban J connectivity index is 1.78. The molecule has 1 aromatic carbocycles. The summed E-state index contributed by atoms with van der Waals surface area (Å²) in [7, 11) is 0. The van der Waals surface area contributed by atoms with Crippen LogP contribution in [0.3, 0.4) is 0 Å². The van der Waals surface area contributed by atoms with Crippen LogP contribution in [-0.4, -0.2) is 29.4 Å². The molecule has 1 atom stereocenters. The summed E-state index contributed by atoms with van der Waals surface area (Å²) in [6.07, 6.45) is 2.17. The summed E-state index contributed by atoms with van der Waals surface area (Å²) in [6.45, 7) is 5.18. The lowest BCUT2D eigenvalue weighted by atomic mass is 9.65. The number of hydrogen-bond acceptors (Lipinski definition) is 7. The molecule has 33 heavy (non-hydrogen) atoms. The van der Waals surface area contributed by atoms with Crippen LogP contribution in [0.5, 0.6) is 0 Å². The van der Waals surface area contributed by atoms with Gasteiger partial charge in [0.05, 0.1) is 28.2 Å². The molecule has 4 rings (SSSR count). The van der Waals surface area contributed by atoms with E-state index in [1.807, 2.05) is 43.3 Å². The zero-order chi connectivity index (χ0) is 23.6. The molecule has 0 bridgehead atoms. The summed E-state index contributed by atoms with van der Waals surface area (Å²) >= 11 is 1.16. The summed E-state index contributed by atoms with van der Waals surface area (Å²) in [5.41, 5.74) is 1.93. The van der Waals surface area contributed by atoms with Crippen molar-refractivity contribution in [3.63, 3.8) is 0 Å². The van der Waals surface area contributed by atoms with Crippen molar-refractivity contribution in [3.05, 3.63) is 69.4 Å². The van der Waals surface area contributed by atoms with Gasteiger partial charge in [-0.25, -0.2) is 4.79 Å². The Hall–Kier alpha value is -3.26. The third kappa shape index (κ3) is 4.35. The highest BCUT2D eigenvalue weighted by Crippen LogP contribution is 2.47. The summed E-state index contributed by atoms with van der Waals surface area (Å²) in [4.78, 5) is 39.1. The molecule has 0 fully saturated rings. The normalized spacial score (nSPS) is 17.5. The zero-order valence-electron chi connectivity index (χ0n) is 18.9. The van der Waals surface area contributed by atoms with E-state index in [4.69, 9.17) is 9.26 Å². The highest BCUT2D eigenvalue weighted by atomic mass is 32.1. The molecule has 1 unspecified atom stereocenters. The minimum absolute atomic E-state index is 0.0432. The number of amides is 1. The number of fused-ring (bicyclic) bond motifs is 1. The van der Waals surface area contributed by atoms with E-state index in [1.165, 1.54) is 6.92 Å². The van der Waals surface area contributed by atoms with E-state index in [2.05, 4.69) is 10.5 Å². The molecule has 1 N–H and O–H groups in total. The van der Waals surface area contributed by atoms with E-state index in [1.54, 1.807) is 6.92 Å². The largest absolute Gasteiger partial charge is 0.462 e. The van der Waals surface area contributed by atoms with Gasteiger partial charge in [-0.3, -0.25) is 9.59 Å².